The first-order valence-electron chi connectivity index (χ1n) is 13.9. The molecule has 0 atom stereocenters. The summed E-state index contributed by atoms with van der Waals surface area (Å²) >= 11 is 1.27. The van der Waals surface area contributed by atoms with Gasteiger partial charge in [0.05, 0.1) is 7.11 Å². The van der Waals surface area contributed by atoms with Crippen molar-refractivity contribution in [1.82, 2.24) is 9.55 Å². The Morgan fingerprint density at radius 2 is 1.73 bits per heavy atom. The van der Waals surface area contributed by atoms with E-state index < -0.39 is 15.6 Å². The molecule has 9 heteroatoms. The average molecular weight is 593 g/mol. The number of carbonyl (C=O) groups is 2. The molecule has 2 aromatic heterocycles. The van der Waals surface area contributed by atoms with E-state index in [1.54, 1.807) is 0 Å². The number of Topliss-reactive ketones (excluding diaryl/α,β-unsaturated/α-hetero) is 1. The van der Waals surface area contributed by atoms with Crippen molar-refractivity contribution in [3.05, 3.63) is 76.8 Å². The molecule has 2 aromatic carbocycles. The van der Waals surface area contributed by atoms with Crippen LogP contribution < -0.4 is 4.74 Å². The fraction of sp³-hybridized carbons (Fsp3) is 0.344. The third kappa shape index (κ3) is 7.21. The van der Waals surface area contributed by atoms with Crippen LogP contribution >= 0.6 is 11.3 Å². The maximum Gasteiger partial charge on any atom is 0.243 e. The SMILES string of the molecule is CCCCCC(=O)CS(=O)(=O)c1sc(CCC)cc1-c1ccc(Cn2c(-c3ccccc3)nc(OC)c2C=O)cc1. The number of benzene rings is 2. The number of methoxy groups -OCH3 is 1. The van der Waals surface area contributed by atoms with Gasteiger partial charge in [0.1, 0.15) is 27.3 Å². The molecule has 4 aromatic rings. The van der Waals surface area contributed by atoms with Crippen molar-refractivity contribution in [1.29, 1.82) is 0 Å². The smallest absolute Gasteiger partial charge is 0.243 e. The lowest BCUT2D eigenvalue weighted by Crippen LogP contribution is -2.15. The van der Waals surface area contributed by atoms with Gasteiger partial charge in [-0.05, 0) is 30.0 Å². The van der Waals surface area contributed by atoms with Crippen molar-refractivity contribution in [2.75, 3.05) is 12.9 Å². The summed E-state index contributed by atoms with van der Waals surface area (Å²) in [7, 11) is -2.29. The number of aromatic nitrogens is 2. The molecule has 2 heterocycles. The fourth-order valence-electron chi connectivity index (χ4n) is 4.79. The molecule has 0 aliphatic rings. The number of ketones is 1. The Bertz CT molecular complexity index is 1590. The molecular weight excluding hydrogens is 556 g/mol. The molecule has 0 spiro atoms. The summed E-state index contributed by atoms with van der Waals surface area (Å²) in [4.78, 5) is 30.0. The topological polar surface area (TPSA) is 95.3 Å². The third-order valence-electron chi connectivity index (χ3n) is 6.85. The molecule has 41 heavy (non-hydrogen) atoms. The van der Waals surface area contributed by atoms with Crippen LogP contribution in [0.3, 0.4) is 0 Å². The monoisotopic (exact) mass is 592 g/mol. The largest absolute Gasteiger partial charge is 0.479 e. The Hall–Kier alpha value is -3.56. The summed E-state index contributed by atoms with van der Waals surface area (Å²) in [5.74, 6) is 0.178. The third-order valence-corrected chi connectivity index (χ3v) is 10.3. The highest BCUT2D eigenvalue weighted by molar-refractivity contribution is 7.94. The van der Waals surface area contributed by atoms with Gasteiger partial charge in [0.25, 0.3) is 0 Å². The molecule has 0 aliphatic carbocycles. The predicted octanol–water partition coefficient (Wildman–Crippen LogP) is 7.02. The number of hydrogen-bond donors (Lipinski definition) is 0. The minimum absolute atomic E-state index is 0.235. The van der Waals surface area contributed by atoms with Crippen molar-refractivity contribution in [2.45, 2.75) is 63.1 Å². The van der Waals surface area contributed by atoms with Crippen LogP contribution in [0.25, 0.3) is 22.5 Å². The molecule has 0 aliphatic heterocycles. The van der Waals surface area contributed by atoms with Gasteiger partial charge in [-0.1, -0.05) is 87.7 Å². The summed E-state index contributed by atoms with van der Waals surface area (Å²) in [6.07, 6.45) is 5.30. The Kier molecular flexibility index (Phi) is 10.3. The van der Waals surface area contributed by atoms with Gasteiger partial charge >= 0.3 is 0 Å². The maximum atomic E-state index is 13.4. The second-order valence-corrected chi connectivity index (χ2v) is 13.3. The number of ether oxygens (including phenoxy) is 1. The molecule has 216 valence electrons. The van der Waals surface area contributed by atoms with Crippen molar-refractivity contribution >= 4 is 33.2 Å². The number of aryl methyl sites for hydroxylation is 1. The number of unbranched alkanes of at least 4 members (excludes halogenated alkanes) is 2. The first-order chi connectivity index (χ1) is 19.8. The first-order valence-corrected chi connectivity index (χ1v) is 16.4. The van der Waals surface area contributed by atoms with Crippen molar-refractivity contribution in [2.24, 2.45) is 0 Å². The van der Waals surface area contributed by atoms with E-state index in [0.29, 0.717) is 30.0 Å². The van der Waals surface area contributed by atoms with Gasteiger partial charge in [0.2, 0.25) is 5.88 Å². The second-order valence-electron chi connectivity index (χ2n) is 10.0. The van der Waals surface area contributed by atoms with E-state index in [1.807, 2.05) is 65.2 Å². The van der Waals surface area contributed by atoms with Gasteiger partial charge in [-0.2, -0.15) is 4.98 Å². The van der Waals surface area contributed by atoms with Crippen LogP contribution in [0.5, 0.6) is 5.88 Å². The Morgan fingerprint density at radius 3 is 2.37 bits per heavy atom. The maximum absolute atomic E-state index is 13.4. The van der Waals surface area contributed by atoms with Crippen LogP contribution in [-0.4, -0.2) is 42.9 Å². The minimum Gasteiger partial charge on any atom is -0.479 e. The van der Waals surface area contributed by atoms with Crippen LogP contribution in [0, 0.1) is 0 Å². The zero-order valence-electron chi connectivity index (χ0n) is 23.8. The zero-order chi connectivity index (χ0) is 29.4. The Morgan fingerprint density at radius 1 is 1.00 bits per heavy atom. The van der Waals surface area contributed by atoms with Crippen LogP contribution in [0.1, 0.15) is 66.9 Å². The lowest BCUT2D eigenvalue weighted by molar-refractivity contribution is -0.116. The van der Waals surface area contributed by atoms with E-state index in [-0.39, 0.29) is 22.3 Å². The number of thiophene rings is 1. The summed E-state index contributed by atoms with van der Waals surface area (Å²) in [6, 6.07) is 19.2. The normalized spacial score (nSPS) is 11.5. The Balaban J connectivity index is 1.65. The van der Waals surface area contributed by atoms with Crippen LogP contribution in [-0.2, 0) is 27.6 Å². The summed E-state index contributed by atoms with van der Waals surface area (Å²) < 4.78 is 34.3. The molecule has 4 rings (SSSR count). The Labute approximate surface area is 246 Å². The fourth-order valence-corrected chi connectivity index (χ4v) is 8.02. The van der Waals surface area contributed by atoms with Gasteiger partial charge in [-0.15, -0.1) is 11.3 Å². The molecule has 0 N–H and O–H groups in total. The number of carbonyl (C=O) groups excluding carboxylic acids is 2. The zero-order valence-corrected chi connectivity index (χ0v) is 25.4. The number of sulfone groups is 1. The number of aldehydes is 1. The standard InChI is InChI=1S/C32H36N2O5S2/c1-4-6-8-14-26(36)22-41(37,38)32-28(19-27(40-32)11-5-2)24-17-15-23(16-18-24)20-34-29(21-35)31(39-3)33-30(34)25-12-9-7-10-13-25/h7,9-10,12-13,15-19,21H,4-6,8,11,14,20,22H2,1-3H3. The van der Waals surface area contributed by atoms with Crippen LogP contribution in [0.15, 0.2) is 64.9 Å². The average Bonchev–Trinajstić information content (AvgIpc) is 3.56. The highest BCUT2D eigenvalue weighted by atomic mass is 32.2. The van der Waals surface area contributed by atoms with Crippen molar-refractivity contribution < 1.29 is 22.7 Å². The number of nitrogens with zero attached hydrogens (tertiary/aromatic N) is 2. The summed E-state index contributed by atoms with van der Waals surface area (Å²) in [6.45, 7) is 4.48. The van der Waals surface area contributed by atoms with Gasteiger partial charge in [0.15, 0.2) is 16.1 Å². The quantitative estimate of drug-likeness (QED) is 0.109. The second kappa shape index (κ2) is 13.9. The highest BCUT2D eigenvalue weighted by Gasteiger charge is 2.26. The van der Waals surface area contributed by atoms with Crippen molar-refractivity contribution in [3.8, 4) is 28.4 Å². The van der Waals surface area contributed by atoms with Crippen LogP contribution in [0.2, 0.25) is 0 Å². The van der Waals surface area contributed by atoms with Gasteiger partial charge in [0, 0.05) is 29.0 Å². The number of imidazole rings is 1. The van der Waals surface area contributed by atoms with E-state index in [1.165, 1.54) is 18.4 Å². The van der Waals surface area contributed by atoms with Gasteiger partial charge in [-0.25, -0.2) is 8.42 Å². The molecule has 0 saturated carbocycles. The summed E-state index contributed by atoms with van der Waals surface area (Å²) in [5.41, 5.74) is 3.51. The number of rotatable bonds is 15. The van der Waals surface area contributed by atoms with E-state index in [2.05, 4.69) is 18.8 Å². The first kappa shape index (κ1) is 30.4. The molecule has 0 bridgehead atoms. The van der Waals surface area contributed by atoms with Gasteiger partial charge < -0.3 is 9.30 Å². The van der Waals surface area contributed by atoms with Crippen LogP contribution in [0.4, 0.5) is 0 Å². The molecule has 7 nitrogen and oxygen atoms in total. The molecule has 0 unspecified atom stereocenters. The molecule has 0 amide bonds. The van der Waals surface area contributed by atoms with Gasteiger partial charge in [-0.3, -0.25) is 9.59 Å². The number of hydrogen-bond acceptors (Lipinski definition) is 7. The molecule has 0 fully saturated rings. The van der Waals surface area contributed by atoms with E-state index in [0.717, 1.165) is 53.5 Å². The van der Waals surface area contributed by atoms with E-state index in [4.69, 9.17) is 4.74 Å². The lowest BCUT2D eigenvalue weighted by Gasteiger charge is -2.11. The van der Waals surface area contributed by atoms with E-state index in [9.17, 15) is 18.0 Å². The predicted molar refractivity (Wildman–Crippen MR) is 164 cm³/mol. The van der Waals surface area contributed by atoms with E-state index >= 15 is 0 Å². The summed E-state index contributed by atoms with van der Waals surface area (Å²) in [5, 5.41) is 0. The lowest BCUT2D eigenvalue weighted by atomic mass is 10.1. The van der Waals surface area contributed by atoms with Crippen molar-refractivity contribution in [3.63, 3.8) is 0 Å². The minimum atomic E-state index is -3.77. The molecular formula is C32H36N2O5S2. The molecule has 0 saturated heterocycles. The highest BCUT2D eigenvalue weighted by Crippen LogP contribution is 2.37. The molecule has 0 radical (unpaired) electrons.